The first-order chi connectivity index (χ1) is 18.8. The Labute approximate surface area is 227 Å². The first-order valence-electron chi connectivity index (χ1n) is 13.4. The van der Waals surface area contributed by atoms with Gasteiger partial charge in [0.15, 0.2) is 5.82 Å². The second-order valence-electron chi connectivity index (χ2n) is 9.97. The maximum absolute atomic E-state index is 14.4. The monoisotopic (exact) mass is 538 g/mol. The summed E-state index contributed by atoms with van der Waals surface area (Å²) in [5.41, 5.74) is 3.07. The number of benzene rings is 2. The summed E-state index contributed by atoms with van der Waals surface area (Å²) in [6, 6.07) is 9.17. The molecule has 39 heavy (non-hydrogen) atoms. The number of hydrogen-bond acceptors (Lipinski definition) is 5. The molecule has 0 saturated heterocycles. The molecule has 0 radical (unpaired) electrons. The van der Waals surface area contributed by atoms with Crippen LogP contribution in [0.5, 0.6) is 0 Å². The molecule has 0 aliphatic heterocycles. The highest BCUT2D eigenvalue weighted by molar-refractivity contribution is 5.94. The van der Waals surface area contributed by atoms with Crippen LogP contribution < -0.4 is 21.3 Å². The SMILES string of the molecule is CCC[C@@H](N[C@H]1CCc2cc(F)cc(F)c2C1)C(=O)Nc1cn(-c2ccccc2CN[C@@H](C)C(=O)NC)cn1. The van der Waals surface area contributed by atoms with E-state index in [4.69, 9.17) is 0 Å². The minimum atomic E-state index is -0.558. The third-order valence-electron chi connectivity index (χ3n) is 7.14. The number of likely N-dealkylation sites (N-methyl/N-ethyl adjacent to an activating group) is 1. The average molecular weight is 539 g/mol. The van der Waals surface area contributed by atoms with Crippen LogP contribution in [0.4, 0.5) is 14.6 Å². The molecule has 1 heterocycles. The highest BCUT2D eigenvalue weighted by Crippen LogP contribution is 2.26. The number of nitrogens with zero attached hydrogens (tertiary/aromatic N) is 2. The van der Waals surface area contributed by atoms with Crippen molar-refractivity contribution in [1.29, 1.82) is 0 Å². The lowest BCUT2D eigenvalue weighted by Gasteiger charge is -2.29. The maximum Gasteiger partial charge on any atom is 0.242 e. The van der Waals surface area contributed by atoms with Crippen LogP contribution in [0, 0.1) is 11.6 Å². The number of carbonyl (C=O) groups is 2. The van der Waals surface area contributed by atoms with Crippen LogP contribution in [0.25, 0.3) is 5.69 Å². The molecule has 0 spiro atoms. The number of aryl methyl sites for hydroxylation is 1. The Kier molecular flexibility index (Phi) is 9.42. The lowest BCUT2D eigenvalue weighted by molar-refractivity contribution is -0.122. The van der Waals surface area contributed by atoms with E-state index >= 15 is 0 Å². The van der Waals surface area contributed by atoms with Gasteiger partial charge in [-0.2, -0.15) is 0 Å². The molecule has 4 rings (SSSR count). The molecular formula is C29H36F2N6O2. The lowest BCUT2D eigenvalue weighted by Crippen LogP contribution is -2.48. The van der Waals surface area contributed by atoms with E-state index in [1.807, 2.05) is 35.8 Å². The normalized spacial score (nSPS) is 16.3. The second-order valence-corrected chi connectivity index (χ2v) is 9.97. The Bertz CT molecular complexity index is 1310. The van der Waals surface area contributed by atoms with Gasteiger partial charge < -0.3 is 25.8 Å². The van der Waals surface area contributed by atoms with Crippen LogP contribution in [0.2, 0.25) is 0 Å². The van der Waals surface area contributed by atoms with Gasteiger partial charge in [0.2, 0.25) is 11.8 Å². The number of aromatic nitrogens is 2. The summed E-state index contributed by atoms with van der Waals surface area (Å²) in [4.78, 5) is 29.4. The molecule has 0 bridgehead atoms. The average Bonchev–Trinajstić information content (AvgIpc) is 3.39. The van der Waals surface area contributed by atoms with Crippen LogP contribution in [-0.2, 0) is 29.0 Å². The summed E-state index contributed by atoms with van der Waals surface area (Å²) < 4.78 is 29.8. The predicted molar refractivity (Wildman–Crippen MR) is 147 cm³/mol. The zero-order chi connectivity index (χ0) is 27.9. The molecule has 10 heteroatoms. The van der Waals surface area contributed by atoms with E-state index in [0.717, 1.165) is 23.7 Å². The number of hydrogen-bond donors (Lipinski definition) is 4. The van der Waals surface area contributed by atoms with Gasteiger partial charge in [0.05, 0.1) is 24.0 Å². The summed E-state index contributed by atoms with van der Waals surface area (Å²) in [5.74, 6) is -0.969. The number of halogens is 2. The molecule has 8 nitrogen and oxygen atoms in total. The first-order valence-corrected chi connectivity index (χ1v) is 13.4. The van der Waals surface area contributed by atoms with Gasteiger partial charge in [-0.15, -0.1) is 0 Å². The highest BCUT2D eigenvalue weighted by Gasteiger charge is 2.27. The van der Waals surface area contributed by atoms with E-state index in [-0.39, 0.29) is 23.9 Å². The minimum Gasteiger partial charge on any atom is -0.358 e. The van der Waals surface area contributed by atoms with E-state index in [1.54, 1.807) is 26.5 Å². The maximum atomic E-state index is 14.4. The molecule has 0 unspecified atom stereocenters. The number of fused-ring (bicyclic) bond motifs is 1. The van der Waals surface area contributed by atoms with Crippen molar-refractivity contribution >= 4 is 17.6 Å². The molecular weight excluding hydrogens is 502 g/mol. The number of rotatable bonds is 11. The second kappa shape index (κ2) is 12.9. The smallest absolute Gasteiger partial charge is 0.242 e. The van der Waals surface area contributed by atoms with Crippen LogP contribution in [0.15, 0.2) is 48.9 Å². The fraction of sp³-hybridized carbons (Fsp3) is 0.414. The van der Waals surface area contributed by atoms with Crippen molar-refractivity contribution < 1.29 is 18.4 Å². The number of imidazole rings is 1. The lowest BCUT2D eigenvalue weighted by atomic mass is 9.87. The predicted octanol–water partition coefficient (Wildman–Crippen LogP) is 3.63. The van der Waals surface area contributed by atoms with Gasteiger partial charge >= 0.3 is 0 Å². The molecule has 1 aliphatic rings. The van der Waals surface area contributed by atoms with Gasteiger partial charge in [0.25, 0.3) is 0 Å². The Balaban J connectivity index is 1.41. The summed E-state index contributed by atoms with van der Waals surface area (Å²) in [6.07, 6.45) is 6.45. The fourth-order valence-electron chi connectivity index (χ4n) is 5.01. The van der Waals surface area contributed by atoms with E-state index in [2.05, 4.69) is 26.3 Å². The van der Waals surface area contributed by atoms with Crippen LogP contribution >= 0.6 is 0 Å². The molecule has 0 saturated carbocycles. The van der Waals surface area contributed by atoms with Gasteiger partial charge in [-0.1, -0.05) is 31.5 Å². The van der Waals surface area contributed by atoms with E-state index in [1.165, 1.54) is 6.07 Å². The van der Waals surface area contributed by atoms with Gasteiger partial charge in [-0.25, -0.2) is 13.8 Å². The number of para-hydroxylation sites is 1. The molecule has 2 amide bonds. The Morgan fingerprint density at radius 2 is 1.97 bits per heavy atom. The number of carbonyl (C=O) groups excluding carboxylic acids is 2. The summed E-state index contributed by atoms with van der Waals surface area (Å²) in [7, 11) is 1.60. The summed E-state index contributed by atoms with van der Waals surface area (Å²) in [6.45, 7) is 4.28. The molecule has 208 valence electrons. The highest BCUT2D eigenvalue weighted by atomic mass is 19.1. The van der Waals surface area contributed by atoms with Crippen molar-refractivity contribution in [3.63, 3.8) is 0 Å². The molecule has 2 aromatic carbocycles. The first kappa shape index (κ1) is 28.4. The van der Waals surface area contributed by atoms with Crippen LogP contribution in [0.1, 0.15) is 49.8 Å². The molecule has 4 N–H and O–H groups in total. The number of amides is 2. The molecule has 1 aliphatic carbocycles. The Hall–Kier alpha value is -3.63. The number of nitrogens with one attached hydrogen (secondary N) is 4. The van der Waals surface area contributed by atoms with Crippen molar-refractivity contribution in [2.75, 3.05) is 12.4 Å². The summed E-state index contributed by atoms with van der Waals surface area (Å²) >= 11 is 0. The molecule has 0 fully saturated rings. The van der Waals surface area contributed by atoms with Crippen molar-refractivity contribution in [3.8, 4) is 5.69 Å². The standard InChI is InChI=1S/C29H36F2N6O2/c1-4-7-25(35-22-11-10-19-12-21(30)13-24(31)23(19)14-22)29(39)36-27-16-37(17-34-27)26-9-6-5-8-20(26)15-33-18(2)28(38)32-3/h5-6,8-9,12-13,16-18,22,25,33,35H,4,7,10-11,14-15H2,1-3H3,(H,32,38)(H,36,39)/t18-,22-,25+/m0/s1. The van der Waals surface area contributed by atoms with Gasteiger partial charge in [0, 0.05) is 25.7 Å². The van der Waals surface area contributed by atoms with Gasteiger partial charge in [-0.05, 0) is 61.4 Å². The topological polar surface area (TPSA) is 100 Å². The largest absolute Gasteiger partial charge is 0.358 e. The van der Waals surface area contributed by atoms with E-state index < -0.39 is 17.7 Å². The van der Waals surface area contributed by atoms with E-state index in [9.17, 15) is 18.4 Å². The van der Waals surface area contributed by atoms with Gasteiger partial charge in [-0.3, -0.25) is 9.59 Å². The zero-order valence-corrected chi connectivity index (χ0v) is 22.6. The van der Waals surface area contributed by atoms with E-state index in [0.29, 0.717) is 49.2 Å². The third-order valence-corrected chi connectivity index (χ3v) is 7.14. The molecule has 3 atom stereocenters. The summed E-state index contributed by atoms with van der Waals surface area (Å²) in [5, 5.41) is 12.2. The molecule has 3 aromatic rings. The van der Waals surface area contributed by atoms with Crippen molar-refractivity contribution in [2.24, 2.45) is 0 Å². The van der Waals surface area contributed by atoms with Crippen molar-refractivity contribution in [3.05, 3.63) is 77.2 Å². The fourth-order valence-corrected chi connectivity index (χ4v) is 5.01. The third kappa shape index (κ3) is 7.07. The van der Waals surface area contributed by atoms with Crippen molar-refractivity contribution in [2.45, 2.75) is 70.6 Å². The number of anilines is 1. The quantitative estimate of drug-likeness (QED) is 0.299. The van der Waals surface area contributed by atoms with Crippen LogP contribution in [0.3, 0.4) is 0 Å². The Morgan fingerprint density at radius 3 is 2.74 bits per heavy atom. The molecule has 1 aromatic heterocycles. The zero-order valence-electron chi connectivity index (χ0n) is 22.6. The van der Waals surface area contributed by atoms with Crippen LogP contribution in [-0.4, -0.2) is 46.5 Å². The van der Waals surface area contributed by atoms with Crippen molar-refractivity contribution in [1.82, 2.24) is 25.5 Å². The van der Waals surface area contributed by atoms with Gasteiger partial charge in [0.1, 0.15) is 18.0 Å². The minimum absolute atomic E-state index is 0.0890. The Morgan fingerprint density at radius 1 is 1.18 bits per heavy atom.